The van der Waals surface area contributed by atoms with E-state index in [2.05, 4.69) is 45.0 Å². The van der Waals surface area contributed by atoms with Crippen LogP contribution in [0.25, 0.3) is 0 Å². The quantitative estimate of drug-likeness (QED) is 0.523. The van der Waals surface area contributed by atoms with Crippen molar-refractivity contribution in [1.82, 2.24) is 0 Å². The van der Waals surface area contributed by atoms with Crippen molar-refractivity contribution in [3.63, 3.8) is 0 Å². The van der Waals surface area contributed by atoms with Crippen LogP contribution in [0.15, 0.2) is 24.3 Å². The average molecular weight is 234 g/mol. The SMILES string of the molecule is CC.CC1CCCCC1.Cc1cccc(C)c1. The molecule has 0 heteroatoms. The molecule has 1 aromatic carbocycles. The fraction of sp³-hybridized carbons (Fsp3) is 0.647. The lowest BCUT2D eigenvalue weighted by Crippen LogP contribution is -1.99. The molecule has 0 atom stereocenters. The molecule has 0 heterocycles. The Morgan fingerprint density at radius 2 is 1.35 bits per heavy atom. The molecular weight excluding hydrogens is 204 g/mol. The van der Waals surface area contributed by atoms with Gasteiger partial charge in [0.1, 0.15) is 0 Å². The maximum absolute atomic E-state index is 2.36. The second kappa shape index (κ2) is 10.4. The topological polar surface area (TPSA) is 0 Å². The van der Waals surface area contributed by atoms with Gasteiger partial charge in [-0.2, -0.15) is 0 Å². The molecule has 2 rings (SSSR count). The summed E-state index contributed by atoms with van der Waals surface area (Å²) < 4.78 is 0. The van der Waals surface area contributed by atoms with E-state index in [4.69, 9.17) is 0 Å². The molecule has 98 valence electrons. The average Bonchev–Trinajstić information content (AvgIpc) is 2.33. The first-order chi connectivity index (χ1) is 8.18. The van der Waals surface area contributed by atoms with Gasteiger partial charge in [-0.25, -0.2) is 0 Å². The third-order valence-electron chi connectivity index (χ3n) is 3.07. The first kappa shape index (κ1) is 16.2. The van der Waals surface area contributed by atoms with E-state index in [-0.39, 0.29) is 0 Å². The smallest absolute Gasteiger partial charge is 0.0398 e. The fourth-order valence-electron chi connectivity index (χ4n) is 2.11. The van der Waals surface area contributed by atoms with Crippen LogP contribution in [0.4, 0.5) is 0 Å². The first-order valence-corrected chi connectivity index (χ1v) is 7.22. The monoisotopic (exact) mass is 234 g/mol. The van der Waals surface area contributed by atoms with Gasteiger partial charge in [0.05, 0.1) is 0 Å². The number of benzene rings is 1. The van der Waals surface area contributed by atoms with Crippen molar-refractivity contribution in [2.75, 3.05) is 0 Å². The van der Waals surface area contributed by atoms with Gasteiger partial charge in [0, 0.05) is 0 Å². The Bertz CT molecular complexity index is 252. The summed E-state index contributed by atoms with van der Waals surface area (Å²) in [5.41, 5.74) is 2.68. The molecule has 0 amide bonds. The molecule has 0 nitrogen and oxygen atoms in total. The van der Waals surface area contributed by atoms with Crippen molar-refractivity contribution in [1.29, 1.82) is 0 Å². The second-order valence-electron chi connectivity index (χ2n) is 4.90. The molecule has 1 aliphatic rings. The predicted molar refractivity (Wildman–Crippen MR) is 79.5 cm³/mol. The molecule has 0 saturated heterocycles. The van der Waals surface area contributed by atoms with Crippen LogP contribution in [0.5, 0.6) is 0 Å². The highest BCUT2D eigenvalue weighted by atomic mass is 14.1. The fourth-order valence-corrected chi connectivity index (χ4v) is 2.11. The van der Waals surface area contributed by atoms with E-state index in [1.165, 1.54) is 43.2 Å². The van der Waals surface area contributed by atoms with Crippen LogP contribution in [-0.4, -0.2) is 0 Å². The lowest BCUT2D eigenvalue weighted by Gasteiger charge is -2.15. The molecule has 0 radical (unpaired) electrons. The molecule has 1 aliphatic carbocycles. The van der Waals surface area contributed by atoms with Crippen molar-refractivity contribution in [3.8, 4) is 0 Å². The van der Waals surface area contributed by atoms with Crippen molar-refractivity contribution in [3.05, 3.63) is 35.4 Å². The Hall–Kier alpha value is -0.780. The summed E-state index contributed by atoms with van der Waals surface area (Å²) in [6, 6.07) is 8.45. The van der Waals surface area contributed by atoms with Crippen LogP contribution >= 0.6 is 0 Å². The highest BCUT2D eigenvalue weighted by Crippen LogP contribution is 2.22. The summed E-state index contributed by atoms with van der Waals surface area (Å²) in [5, 5.41) is 0. The van der Waals surface area contributed by atoms with E-state index in [0.717, 1.165) is 5.92 Å². The third-order valence-corrected chi connectivity index (χ3v) is 3.07. The molecule has 0 bridgehead atoms. The summed E-state index contributed by atoms with van der Waals surface area (Å²) in [6.07, 6.45) is 7.44. The summed E-state index contributed by atoms with van der Waals surface area (Å²) >= 11 is 0. The minimum Gasteiger partial charge on any atom is -0.0683 e. The van der Waals surface area contributed by atoms with Crippen LogP contribution in [0, 0.1) is 19.8 Å². The number of hydrogen-bond acceptors (Lipinski definition) is 0. The molecule has 0 aromatic heterocycles. The number of hydrogen-bond donors (Lipinski definition) is 0. The largest absolute Gasteiger partial charge is 0.0683 e. The zero-order chi connectivity index (χ0) is 13.1. The molecule has 0 N–H and O–H groups in total. The Kier molecular flexibility index (Phi) is 9.90. The van der Waals surface area contributed by atoms with Crippen molar-refractivity contribution in [2.24, 2.45) is 5.92 Å². The zero-order valence-corrected chi connectivity index (χ0v) is 12.4. The summed E-state index contributed by atoms with van der Waals surface area (Å²) in [5.74, 6) is 1.04. The molecule has 1 aromatic rings. The van der Waals surface area contributed by atoms with Crippen LogP contribution in [0.3, 0.4) is 0 Å². The first-order valence-electron chi connectivity index (χ1n) is 7.22. The third kappa shape index (κ3) is 8.97. The van der Waals surface area contributed by atoms with Crippen molar-refractivity contribution >= 4 is 0 Å². The lowest BCUT2D eigenvalue weighted by atomic mass is 9.91. The highest BCUT2D eigenvalue weighted by Gasteiger charge is 2.05. The van der Waals surface area contributed by atoms with Gasteiger partial charge >= 0.3 is 0 Å². The summed E-state index contributed by atoms with van der Waals surface area (Å²) in [7, 11) is 0. The van der Waals surface area contributed by atoms with E-state index in [1.807, 2.05) is 13.8 Å². The van der Waals surface area contributed by atoms with Crippen molar-refractivity contribution < 1.29 is 0 Å². The Labute approximate surface area is 108 Å². The zero-order valence-electron chi connectivity index (χ0n) is 12.4. The minimum absolute atomic E-state index is 1.04. The standard InChI is InChI=1S/C8H10.C7H14.C2H6/c1-7-4-3-5-8(2)6-7;1-7-5-3-2-4-6-7;1-2/h3-6H,1-2H3;7H,2-6H2,1H3;1-2H3. The van der Waals surface area contributed by atoms with Crippen molar-refractivity contribution in [2.45, 2.75) is 66.7 Å². The molecule has 1 saturated carbocycles. The molecule has 0 spiro atoms. The minimum atomic E-state index is 1.04. The van der Waals surface area contributed by atoms with Gasteiger partial charge < -0.3 is 0 Å². The van der Waals surface area contributed by atoms with Gasteiger partial charge in [-0.3, -0.25) is 0 Å². The van der Waals surface area contributed by atoms with Crippen LogP contribution < -0.4 is 0 Å². The Morgan fingerprint density at radius 3 is 1.59 bits per heavy atom. The Balaban J connectivity index is 0.000000265. The van der Waals surface area contributed by atoms with Gasteiger partial charge in [-0.05, 0) is 19.8 Å². The van der Waals surface area contributed by atoms with E-state index >= 15 is 0 Å². The maximum atomic E-state index is 2.36. The van der Waals surface area contributed by atoms with Crippen LogP contribution in [-0.2, 0) is 0 Å². The molecular formula is C17H30. The van der Waals surface area contributed by atoms with E-state index in [9.17, 15) is 0 Å². The van der Waals surface area contributed by atoms with Crippen LogP contribution in [0.2, 0.25) is 0 Å². The molecule has 0 unspecified atom stereocenters. The van der Waals surface area contributed by atoms with Gasteiger partial charge in [0.2, 0.25) is 0 Å². The normalized spacial score (nSPS) is 15.1. The second-order valence-corrected chi connectivity index (χ2v) is 4.90. The van der Waals surface area contributed by atoms with E-state index in [1.54, 1.807) is 0 Å². The number of rotatable bonds is 0. The predicted octanol–water partition coefficient (Wildman–Crippen LogP) is 5.92. The van der Waals surface area contributed by atoms with E-state index in [0.29, 0.717) is 0 Å². The van der Waals surface area contributed by atoms with Crippen LogP contribution in [0.1, 0.15) is 64.0 Å². The summed E-state index contributed by atoms with van der Waals surface area (Å²) in [4.78, 5) is 0. The molecule has 17 heavy (non-hydrogen) atoms. The Morgan fingerprint density at radius 1 is 0.882 bits per heavy atom. The van der Waals surface area contributed by atoms with Gasteiger partial charge in [-0.15, -0.1) is 0 Å². The maximum Gasteiger partial charge on any atom is -0.0398 e. The number of aryl methyl sites for hydroxylation is 2. The van der Waals surface area contributed by atoms with Gasteiger partial charge in [-0.1, -0.05) is 88.3 Å². The lowest BCUT2D eigenvalue weighted by molar-refractivity contribution is 0.385. The highest BCUT2D eigenvalue weighted by molar-refractivity contribution is 5.20. The van der Waals surface area contributed by atoms with Gasteiger partial charge in [0.25, 0.3) is 0 Å². The van der Waals surface area contributed by atoms with Gasteiger partial charge in [0.15, 0.2) is 0 Å². The van der Waals surface area contributed by atoms with E-state index < -0.39 is 0 Å². The summed E-state index contributed by atoms with van der Waals surface area (Å²) in [6.45, 7) is 10.6. The molecule has 0 aliphatic heterocycles. The molecule has 1 fully saturated rings.